The summed E-state index contributed by atoms with van der Waals surface area (Å²) in [4.78, 5) is 13.8. The Bertz CT molecular complexity index is 501. The van der Waals surface area contributed by atoms with E-state index in [1.165, 1.54) is 12.5 Å². The molecule has 21 heavy (non-hydrogen) atoms. The van der Waals surface area contributed by atoms with E-state index in [1.807, 2.05) is 6.92 Å². The third-order valence-electron chi connectivity index (χ3n) is 4.27. The van der Waals surface area contributed by atoms with Crippen LogP contribution in [0, 0.1) is 11.6 Å². The highest BCUT2D eigenvalue weighted by Gasteiger charge is 2.21. The molecule has 3 nitrogen and oxygen atoms in total. The summed E-state index contributed by atoms with van der Waals surface area (Å²) < 4.78 is 26.2. The lowest BCUT2D eigenvalue weighted by molar-refractivity contribution is -0.132. The molecule has 0 aliphatic carbocycles. The van der Waals surface area contributed by atoms with E-state index in [1.54, 1.807) is 11.9 Å². The molecule has 0 saturated carbocycles. The zero-order valence-electron chi connectivity index (χ0n) is 12.5. The van der Waals surface area contributed by atoms with Crippen LogP contribution in [0.25, 0.3) is 0 Å². The summed E-state index contributed by atoms with van der Waals surface area (Å²) in [6, 6.07) is 3.93. The Morgan fingerprint density at radius 1 is 1.43 bits per heavy atom. The number of halogens is 2. The Morgan fingerprint density at radius 2 is 2.19 bits per heavy atom. The Kier molecular flexibility index (Phi) is 5.28. The SMILES string of the molecule is CC(c1ccc(F)c(F)c1)N(C)C(=O)CCC1CCCN1. The van der Waals surface area contributed by atoms with E-state index in [2.05, 4.69) is 5.32 Å². The van der Waals surface area contributed by atoms with Gasteiger partial charge in [0.05, 0.1) is 6.04 Å². The summed E-state index contributed by atoms with van der Waals surface area (Å²) in [5.41, 5.74) is 0.601. The highest BCUT2D eigenvalue weighted by molar-refractivity contribution is 5.76. The lowest BCUT2D eigenvalue weighted by Gasteiger charge is -2.26. The maximum atomic E-state index is 13.3. The maximum absolute atomic E-state index is 13.3. The number of carbonyl (C=O) groups is 1. The lowest BCUT2D eigenvalue weighted by Crippen LogP contribution is -2.31. The quantitative estimate of drug-likeness (QED) is 0.906. The van der Waals surface area contributed by atoms with Crippen molar-refractivity contribution in [3.05, 3.63) is 35.4 Å². The van der Waals surface area contributed by atoms with Gasteiger partial charge in [0.15, 0.2) is 11.6 Å². The van der Waals surface area contributed by atoms with Crippen molar-refractivity contribution in [3.63, 3.8) is 0 Å². The molecule has 1 aromatic carbocycles. The molecule has 0 spiro atoms. The number of nitrogens with zero attached hydrogens (tertiary/aromatic N) is 1. The summed E-state index contributed by atoms with van der Waals surface area (Å²) in [5, 5.41) is 3.36. The number of rotatable bonds is 5. The molecule has 116 valence electrons. The van der Waals surface area contributed by atoms with Crippen molar-refractivity contribution in [1.29, 1.82) is 0 Å². The summed E-state index contributed by atoms with van der Waals surface area (Å²) in [7, 11) is 1.70. The molecule has 5 heteroatoms. The first kappa shape index (κ1) is 15.9. The van der Waals surface area contributed by atoms with Crippen molar-refractivity contribution in [1.82, 2.24) is 10.2 Å². The minimum absolute atomic E-state index is 0.0286. The molecule has 0 aromatic heterocycles. The van der Waals surface area contributed by atoms with Crippen LogP contribution in [-0.4, -0.2) is 30.4 Å². The Morgan fingerprint density at radius 3 is 2.81 bits per heavy atom. The van der Waals surface area contributed by atoms with Crippen LogP contribution in [0.1, 0.15) is 44.2 Å². The van der Waals surface area contributed by atoms with Crippen molar-refractivity contribution < 1.29 is 13.6 Å². The number of benzene rings is 1. The molecule has 0 radical (unpaired) electrons. The Labute approximate surface area is 124 Å². The first-order valence-electron chi connectivity index (χ1n) is 7.43. The minimum atomic E-state index is -0.879. The average Bonchev–Trinajstić information content (AvgIpc) is 2.99. The van der Waals surface area contributed by atoms with Gasteiger partial charge in [-0.2, -0.15) is 0 Å². The van der Waals surface area contributed by atoms with Crippen molar-refractivity contribution in [2.75, 3.05) is 13.6 Å². The van der Waals surface area contributed by atoms with Gasteiger partial charge in [-0.15, -0.1) is 0 Å². The lowest BCUT2D eigenvalue weighted by atomic mass is 10.1. The molecule has 2 atom stereocenters. The predicted octanol–water partition coefficient (Wildman–Crippen LogP) is 3.02. The van der Waals surface area contributed by atoms with E-state index < -0.39 is 11.6 Å². The first-order valence-corrected chi connectivity index (χ1v) is 7.43. The van der Waals surface area contributed by atoms with E-state index >= 15 is 0 Å². The summed E-state index contributed by atoms with van der Waals surface area (Å²) >= 11 is 0. The van der Waals surface area contributed by atoms with Gasteiger partial charge in [0.25, 0.3) is 0 Å². The van der Waals surface area contributed by atoms with E-state index in [-0.39, 0.29) is 11.9 Å². The van der Waals surface area contributed by atoms with Crippen LogP contribution in [-0.2, 0) is 4.79 Å². The summed E-state index contributed by atoms with van der Waals surface area (Å²) in [5.74, 6) is -1.72. The second-order valence-electron chi connectivity index (χ2n) is 5.69. The normalized spacial score (nSPS) is 19.5. The van der Waals surface area contributed by atoms with Crippen molar-refractivity contribution in [2.24, 2.45) is 0 Å². The summed E-state index contributed by atoms with van der Waals surface area (Å²) in [6.45, 7) is 2.85. The van der Waals surface area contributed by atoms with E-state index in [4.69, 9.17) is 0 Å². The zero-order chi connectivity index (χ0) is 15.4. The third kappa shape index (κ3) is 4.00. The second-order valence-corrected chi connectivity index (χ2v) is 5.69. The highest BCUT2D eigenvalue weighted by atomic mass is 19.2. The molecule has 2 rings (SSSR count). The number of hydrogen-bond donors (Lipinski definition) is 1. The first-order chi connectivity index (χ1) is 9.99. The molecule has 1 aliphatic rings. The standard InChI is InChI=1S/C16H22F2N2O/c1-11(12-5-7-14(17)15(18)10-12)20(2)16(21)8-6-13-4-3-9-19-13/h5,7,10-11,13,19H,3-4,6,8-9H2,1-2H3. The summed E-state index contributed by atoms with van der Waals surface area (Å²) in [6.07, 6.45) is 3.59. The van der Waals surface area contributed by atoms with Crippen LogP contribution in [0.4, 0.5) is 8.78 Å². The van der Waals surface area contributed by atoms with Crippen LogP contribution < -0.4 is 5.32 Å². The number of amides is 1. The van der Waals surface area contributed by atoms with Crippen LogP contribution in [0.3, 0.4) is 0 Å². The molecule has 1 amide bonds. The van der Waals surface area contributed by atoms with Gasteiger partial charge in [0.1, 0.15) is 0 Å². The van der Waals surface area contributed by atoms with Crippen LogP contribution >= 0.6 is 0 Å². The number of hydrogen-bond acceptors (Lipinski definition) is 2. The minimum Gasteiger partial charge on any atom is -0.339 e. The fraction of sp³-hybridized carbons (Fsp3) is 0.562. The second kappa shape index (κ2) is 6.98. The Balaban J connectivity index is 1.92. The zero-order valence-corrected chi connectivity index (χ0v) is 12.5. The fourth-order valence-electron chi connectivity index (χ4n) is 2.69. The fourth-order valence-corrected chi connectivity index (χ4v) is 2.69. The van der Waals surface area contributed by atoms with Crippen LogP contribution in [0.15, 0.2) is 18.2 Å². The molecule has 1 heterocycles. The largest absolute Gasteiger partial charge is 0.339 e. The van der Waals surface area contributed by atoms with Gasteiger partial charge in [0.2, 0.25) is 5.91 Å². The molecule has 1 aromatic rings. The van der Waals surface area contributed by atoms with Gasteiger partial charge in [-0.05, 0) is 50.4 Å². The van der Waals surface area contributed by atoms with Crippen molar-refractivity contribution in [3.8, 4) is 0 Å². The molecule has 1 saturated heterocycles. The van der Waals surface area contributed by atoms with Gasteiger partial charge in [-0.1, -0.05) is 6.07 Å². The third-order valence-corrected chi connectivity index (χ3v) is 4.27. The van der Waals surface area contributed by atoms with Crippen LogP contribution in [0.5, 0.6) is 0 Å². The molecule has 2 unspecified atom stereocenters. The van der Waals surface area contributed by atoms with Crippen LogP contribution in [0.2, 0.25) is 0 Å². The topological polar surface area (TPSA) is 32.3 Å². The van der Waals surface area contributed by atoms with Crippen molar-refractivity contribution in [2.45, 2.75) is 44.7 Å². The molecular formula is C16H22F2N2O. The van der Waals surface area contributed by atoms with Gasteiger partial charge in [0, 0.05) is 19.5 Å². The monoisotopic (exact) mass is 296 g/mol. The van der Waals surface area contributed by atoms with Gasteiger partial charge >= 0.3 is 0 Å². The predicted molar refractivity (Wildman–Crippen MR) is 77.8 cm³/mol. The van der Waals surface area contributed by atoms with E-state index in [0.29, 0.717) is 18.0 Å². The molecule has 1 N–H and O–H groups in total. The van der Waals surface area contributed by atoms with Crippen molar-refractivity contribution >= 4 is 5.91 Å². The van der Waals surface area contributed by atoms with E-state index in [0.717, 1.165) is 31.5 Å². The van der Waals surface area contributed by atoms with Gasteiger partial charge in [-0.25, -0.2) is 8.78 Å². The molecule has 1 aliphatic heterocycles. The van der Waals surface area contributed by atoms with E-state index in [9.17, 15) is 13.6 Å². The van der Waals surface area contributed by atoms with Gasteiger partial charge in [-0.3, -0.25) is 4.79 Å². The maximum Gasteiger partial charge on any atom is 0.222 e. The number of nitrogens with one attached hydrogen (secondary N) is 1. The molecule has 0 bridgehead atoms. The smallest absolute Gasteiger partial charge is 0.222 e. The molecular weight excluding hydrogens is 274 g/mol. The van der Waals surface area contributed by atoms with Gasteiger partial charge < -0.3 is 10.2 Å². The number of carbonyl (C=O) groups excluding carboxylic acids is 1. The Hall–Kier alpha value is -1.49. The highest BCUT2D eigenvalue weighted by Crippen LogP contribution is 2.22. The molecule has 1 fully saturated rings. The average molecular weight is 296 g/mol.